The van der Waals surface area contributed by atoms with E-state index in [1.165, 1.54) is 30.3 Å². The van der Waals surface area contributed by atoms with Gasteiger partial charge in [0.2, 0.25) is 0 Å². The summed E-state index contributed by atoms with van der Waals surface area (Å²) in [5, 5.41) is 29.5. The van der Waals surface area contributed by atoms with Crippen molar-refractivity contribution in [2.24, 2.45) is 0 Å². The summed E-state index contributed by atoms with van der Waals surface area (Å²) in [6.45, 7) is 1.63. The van der Waals surface area contributed by atoms with Crippen LogP contribution in [0.3, 0.4) is 0 Å². The molecule has 0 fully saturated rings. The van der Waals surface area contributed by atoms with E-state index >= 15 is 0 Å². The van der Waals surface area contributed by atoms with Crippen LogP contribution in [0.5, 0.6) is 11.5 Å². The van der Waals surface area contributed by atoms with E-state index in [0.717, 1.165) is 0 Å². The van der Waals surface area contributed by atoms with Gasteiger partial charge in [-0.15, -0.1) is 0 Å². The molecule has 0 aliphatic rings. The molecule has 22 heavy (non-hydrogen) atoms. The summed E-state index contributed by atoms with van der Waals surface area (Å²) >= 11 is 0. The molecule has 6 nitrogen and oxygen atoms in total. The largest absolute Gasteiger partial charge is 0.508 e. The van der Waals surface area contributed by atoms with Crippen LogP contribution in [-0.2, 0) is 4.57 Å². The quantitative estimate of drug-likeness (QED) is 0.547. The summed E-state index contributed by atoms with van der Waals surface area (Å²) in [6, 6.07) is 9.93. The Morgan fingerprint density at radius 2 is 1.68 bits per heavy atom. The van der Waals surface area contributed by atoms with Crippen molar-refractivity contribution in [3.05, 3.63) is 53.6 Å². The number of aliphatic hydroxyl groups excluding tert-OH is 1. The fourth-order valence-electron chi connectivity index (χ4n) is 2.34. The number of aliphatic hydroxyl groups is 1. The van der Waals surface area contributed by atoms with Crippen molar-refractivity contribution < 1.29 is 29.7 Å². The molecule has 0 saturated carbocycles. The Balaban J connectivity index is 2.50. The van der Waals surface area contributed by atoms with Gasteiger partial charge in [-0.1, -0.05) is 25.1 Å². The minimum atomic E-state index is -4.65. The second kappa shape index (κ2) is 6.10. The predicted octanol–water partition coefficient (Wildman–Crippen LogP) is 1.74. The Morgan fingerprint density at radius 3 is 2.27 bits per heavy atom. The van der Waals surface area contributed by atoms with Gasteiger partial charge in [0.1, 0.15) is 11.5 Å². The first-order valence-corrected chi connectivity index (χ1v) is 8.18. The van der Waals surface area contributed by atoms with Crippen molar-refractivity contribution >= 4 is 12.9 Å². The van der Waals surface area contributed by atoms with Gasteiger partial charge >= 0.3 is 7.60 Å². The lowest BCUT2D eigenvalue weighted by Crippen LogP contribution is -2.18. The zero-order valence-electron chi connectivity index (χ0n) is 11.8. The zero-order valence-corrected chi connectivity index (χ0v) is 12.7. The van der Waals surface area contributed by atoms with Crippen molar-refractivity contribution in [1.29, 1.82) is 0 Å². The minimum Gasteiger partial charge on any atom is -0.508 e. The van der Waals surface area contributed by atoms with E-state index in [9.17, 15) is 29.7 Å². The van der Waals surface area contributed by atoms with Gasteiger partial charge in [-0.05, 0) is 29.8 Å². The molecule has 2 unspecified atom stereocenters. The highest BCUT2D eigenvalue weighted by Crippen LogP contribution is 2.42. The maximum Gasteiger partial charge on any atom is 0.356 e. The molecule has 0 radical (unpaired) electrons. The molecule has 0 heterocycles. The number of phenols is 2. The molecular weight excluding hydrogens is 307 g/mol. The third-order valence-corrected chi connectivity index (χ3v) is 4.56. The second-order valence-electron chi connectivity index (χ2n) is 5.08. The molecule has 2 atom stereocenters. The molecule has 0 spiro atoms. The smallest absolute Gasteiger partial charge is 0.356 e. The fourth-order valence-corrected chi connectivity index (χ4v) is 3.18. The molecule has 0 amide bonds. The second-order valence-corrected chi connectivity index (χ2v) is 6.65. The van der Waals surface area contributed by atoms with E-state index in [2.05, 4.69) is 0 Å². The van der Waals surface area contributed by atoms with Gasteiger partial charge in [-0.3, -0.25) is 4.57 Å². The molecule has 5 N–H and O–H groups in total. The number of aromatic hydroxyl groups is 2. The van der Waals surface area contributed by atoms with Crippen molar-refractivity contribution in [3.63, 3.8) is 0 Å². The maximum absolute atomic E-state index is 11.6. The lowest BCUT2D eigenvalue weighted by molar-refractivity contribution is 0.149. The van der Waals surface area contributed by atoms with Gasteiger partial charge in [-0.2, -0.15) is 0 Å². The van der Waals surface area contributed by atoms with Gasteiger partial charge in [0, 0.05) is 11.5 Å². The summed E-state index contributed by atoms with van der Waals surface area (Å²) in [4.78, 5) is 18.8. The van der Waals surface area contributed by atoms with Gasteiger partial charge in [0.15, 0.2) is 0 Å². The van der Waals surface area contributed by atoms with Crippen molar-refractivity contribution in [3.8, 4) is 11.5 Å². The number of rotatable bonds is 4. The average molecular weight is 324 g/mol. The van der Waals surface area contributed by atoms with Gasteiger partial charge < -0.3 is 25.1 Å². The summed E-state index contributed by atoms with van der Waals surface area (Å²) in [5.74, 6) is -0.963. The van der Waals surface area contributed by atoms with Crippen LogP contribution in [0, 0.1) is 0 Å². The van der Waals surface area contributed by atoms with Gasteiger partial charge in [-0.25, -0.2) is 0 Å². The average Bonchev–Trinajstić information content (AvgIpc) is 2.44. The summed E-state index contributed by atoms with van der Waals surface area (Å²) in [6.07, 6.45) is -1.34. The Morgan fingerprint density at radius 1 is 1.05 bits per heavy atom. The first kappa shape index (κ1) is 16.5. The lowest BCUT2D eigenvalue weighted by Gasteiger charge is -2.23. The van der Waals surface area contributed by atoms with Crippen molar-refractivity contribution in [2.45, 2.75) is 18.9 Å². The van der Waals surface area contributed by atoms with Crippen LogP contribution in [-0.4, -0.2) is 25.1 Å². The Bertz CT molecular complexity index is 724. The topological polar surface area (TPSA) is 118 Å². The van der Waals surface area contributed by atoms with E-state index in [-0.39, 0.29) is 17.1 Å². The van der Waals surface area contributed by atoms with E-state index < -0.39 is 24.9 Å². The number of benzene rings is 2. The van der Waals surface area contributed by atoms with E-state index in [1.54, 1.807) is 19.1 Å². The predicted molar refractivity (Wildman–Crippen MR) is 81.3 cm³/mol. The molecule has 7 heteroatoms. The molecule has 2 aromatic carbocycles. The Labute approximate surface area is 127 Å². The van der Waals surface area contributed by atoms with Crippen molar-refractivity contribution in [1.82, 2.24) is 0 Å². The third-order valence-electron chi connectivity index (χ3n) is 3.54. The van der Waals surface area contributed by atoms with Crippen LogP contribution < -0.4 is 5.30 Å². The molecule has 0 aliphatic carbocycles. The normalized spacial score (nSPS) is 14.5. The molecule has 0 bridgehead atoms. The summed E-state index contributed by atoms with van der Waals surface area (Å²) < 4.78 is 11.6. The molecule has 0 aromatic heterocycles. The van der Waals surface area contributed by atoms with E-state index in [1.807, 2.05) is 0 Å². The molecule has 118 valence electrons. The fraction of sp³-hybridized carbons (Fsp3) is 0.200. The van der Waals surface area contributed by atoms with Crippen LogP contribution in [0.25, 0.3) is 0 Å². The number of hydrogen-bond donors (Lipinski definition) is 5. The first-order valence-electron chi connectivity index (χ1n) is 6.57. The van der Waals surface area contributed by atoms with Crippen molar-refractivity contribution in [2.75, 3.05) is 0 Å². The maximum atomic E-state index is 11.6. The van der Waals surface area contributed by atoms with Gasteiger partial charge in [0.25, 0.3) is 0 Å². The Hall–Kier alpha value is -1.85. The van der Waals surface area contributed by atoms with E-state index in [4.69, 9.17) is 0 Å². The first-order chi connectivity index (χ1) is 10.2. The summed E-state index contributed by atoms with van der Waals surface area (Å²) in [5.41, 5.74) is 0.374. The molecule has 2 aromatic rings. The monoisotopic (exact) mass is 324 g/mol. The lowest BCUT2D eigenvalue weighted by atomic mass is 9.90. The van der Waals surface area contributed by atoms with Gasteiger partial charge in [0.05, 0.1) is 11.4 Å². The van der Waals surface area contributed by atoms with Crippen LogP contribution in [0.1, 0.15) is 30.1 Å². The highest BCUT2D eigenvalue weighted by Gasteiger charge is 2.30. The SMILES string of the molecule is CC(c1cccc(O)c1)C(O)c1c(O)cccc1P(=O)(O)O. The Kier molecular flexibility index (Phi) is 4.58. The van der Waals surface area contributed by atoms with Crippen LogP contribution in [0.4, 0.5) is 0 Å². The molecular formula is C15H17O6P. The standard InChI is InChI=1S/C15H17O6P/c1-9(10-4-2-5-11(16)8-10)15(18)14-12(17)6-3-7-13(14)22(19,20)21/h2-9,15-18H,1H3,(H2,19,20,21). The van der Waals surface area contributed by atoms with E-state index in [0.29, 0.717) is 5.56 Å². The zero-order chi connectivity index (χ0) is 16.5. The highest BCUT2D eigenvalue weighted by atomic mass is 31.2. The molecule has 0 saturated heterocycles. The van der Waals surface area contributed by atoms with Crippen LogP contribution in [0.2, 0.25) is 0 Å². The van der Waals surface area contributed by atoms with Crippen LogP contribution >= 0.6 is 7.60 Å². The number of hydrogen-bond acceptors (Lipinski definition) is 4. The highest BCUT2D eigenvalue weighted by molar-refractivity contribution is 7.60. The van der Waals surface area contributed by atoms with Crippen LogP contribution in [0.15, 0.2) is 42.5 Å². The molecule has 2 rings (SSSR count). The number of phenolic OH excluding ortho intramolecular Hbond substituents is 2. The molecule has 0 aliphatic heterocycles. The third kappa shape index (κ3) is 3.31. The summed E-state index contributed by atoms with van der Waals surface area (Å²) in [7, 11) is -4.65. The minimum absolute atomic E-state index is 0.0176.